The summed E-state index contributed by atoms with van der Waals surface area (Å²) >= 11 is 0. The van der Waals surface area contributed by atoms with E-state index in [1.165, 1.54) is 18.4 Å². The highest BCUT2D eigenvalue weighted by Gasteiger charge is 2.30. The zero-order chi connectivity index (χ0) is 17.1. The second-order valence-corrected chi connectivity index (χ2v) is 7.36. The van der Waals surface area contributed by atoms with Crippen molar-refractivity contribution in [1.29, 1.82) is 0 Å². The van der Waals surface area contributed by atoms with Gasteiger partial charge in [-0.3, -0.25) is 4.79 Å². The molecular formula is C20H25N3O2. The molecule has 5 nitrogen and oxygen atoms in total. The zero-order valence-electron chi connectivity index (χ0n) is 14.6. The number of carbonyl (C=O) groups excluding carboxylic acids is 1. The van der Waals surface area contributed by atoms with E-state index >= 15 is 0 Å². The number of aromatic nitrogens is 2. The van der Waals surface area contributed by atoms with E-state index in [1.54, 1.807) is 0 Å². The molecule has 1 aromatic heterocycles. The minimum absolute atomic E-state index is 0.262. The maximum atomic E-state index is 12.5. The maximum Gasteiger partial charge on any atom is 0.226 e. The van der Waals surface area contributed by atoms with Gasteiger partial charge in [-0.25, -0.2) is 0 Å². The SMILES string of the molecule is O=C(CCc1ccccc1)N1CCC[C@@H](Cc2nc(C3CC3)no2)C1. The fourth-order valence-corrected chi connectivity index (χ4v) is 3.62. The lowest BCUT2D eigenvalue weighted by Gasteiger charge is -2.32. The van der Waals surface area contributed by atoms with Crippen molar-refractivity contribution in [3.63, 3.8) is 0 Å². The number of amides is 1. The third-order valence-corrected chi connectivity index (χ3v) is 5.23. The molecular weight excluding hydrogens is 314 g/mol. The van der Waals surface area contributed by atoms with Crippen molar-refractivity contribution in [1.82, 2.24) is 15.0 Å². The van der Waals surface area contributed by atoms with Crippen molar-refractivity contribution in [2.24, 2.45) is 5.92 Å². The molecule has 0 unspecified atom stereocenters. The molecule has 1 aliphatic carbocycles. The Labute approximate surface area is 148 Å². The molecule has 5 heteroatoms. The second kappa shape index (κ2) is 7.38. The molecule has 0 bridgehead atoms. The Balaban J connectivity index is 1.28. The van der Waals surface area contributed by atoms with Gasteiger partial charge in [0.1, 0.15) is 0 Å². The van der Waals surface area contributed by atoms with Gasteiger partial charge in [-0.2, -0.15) is 4.98 Å². The number of benzene rings is 1. The smallest absolute Gasteiger partial charge is 0.226 e. The molecule has 4 rings (SSSR count). The van der Waals surface area contributed by atoms with Gasteiger partial charge in [0, 0.05) is 31.8 Å². The molecule has 0 spiro atoms. The van der Waals surface area contributed by atoms with Crippen LogP contribution in [0.25, 0.3) is 0 Å². The van der Waals surface area contributed by atoms with E-state index in [1.807, 2.05) is 23.1 Å². The average molecular weight is 339 g/mol. The van der Waals surface area contributed by atoms with Crippen molar-refractivity contribution < 1.29 is 9.32 Å². The summed E-state index contributed by atoms with van der Waals surface area (Å²) in [4.78, 5) is 19.1. The number of aryl methyl sites for hydroxylation is 1. The van der Waals surface area contributed by atoms with Gasteiger partial charge in [-0.1, -0.05) is 35.5 Å². The van der Waals surface area contributed by atoms with Gasteiger partial charge in [0.2, 0.25) is 11.8 Å². The van der Waals surface area contributed by atoms with Gasteiger partial charge in [-0.15, -0.1) is 0 Å². The molecule has 1 atom stereocenters. The number of hydrogen-bond donors (Lipinski definition) is 0. The molecule has 1 amide bonds. The van der Waals surface area contributed by atoms with Crippen LogP contribution in [0.1, 0.15) is 55.3 Å². The summed E-state index contributed by atoms with van der Waals surface area (Å²) in [5.74, 6) is 2.84. The Bertz CT molecular complexity index is 709. The molecule has 2 aliphatic rings. The topological polar surface area (TPSA) is 59.2 Å². The summed E-state index contributed by atoms with van der Waals surface area (Å²) in [6.07, 6.45) is 6.76. The standard InChI is InChI=1S/C20H25N3O2/c24-19(11-8-15-5-2-1-3-6-15)23-12-4-7-16(14-23)13-18-21-20(22-25-18)17-9-10-17/h1-3,5-6,16-17H,4,7-14H2/t16-/m0/s1. The highest BCUT2D eigenvalue weighted by Crippen LogP contribution is 2.38. The largest absolute Gasteiger partial charge is 0.342 e. The predicted octanol–water partition coefficient (Wildman–Crippen LogP) is 3.36. The zero-order valence-corrected chi connectivity index (χ0v) is 14.6. The number of rotatable bonds is 6. The van der Waals surface area contributed by atoms with Crippen LogP contribution in [0.3, 0.4) is 0 Å². The second-order valence-electron chi connectivity index (χ2n) is 7.36. The predicted molar refractivity (Wildman–Crippen MR) is 94.0 cm³/mol. The van der Waals surface area contributed by atoms with Gasteiger partial charge >= 0.3 is 0 Å². The van der Waals surface area contributed by atoms with E-state index in [4.69, 9.17) is 4.52 Å². The molecule has 25 heavy (non-hydrogen) atoms. The summed E-state index contributed by atoms with van der Waals surface area (Å²) in [6, 6.07) is 10.2. The Kier molecular flexibility index (Phi) is 4.81. The normalized spacial score (nSPS) is 20.6. The average Bonchev–Trinajstić information content (AvgIpc) is 3.40. The van der Waals surface area contributed by atoms with Crippen LogP contribution in [0, 0.1) is 5.92 Å². The van der Waals surface area contributed by atoms with Gasteiger partial charge in [-0.05, 0) is 43.6 Å². The Hall–Kier alpha value is -2.17. The van der Waals surface area contributed by atoms with E-state index in [0.29, 0.717) is 18.3 Å². The Morgan fingerprint density at radius 3 is 2.84 bits per heavy atom. The first-order chi connectivity index (χ1) is 12.3. The van der Waals surface area contributed by atoms with E-state index in [0.717, 1.165) is 50.5 Å². The minimum atomic E-state index is 0.262. The van der Waals surface area contributed by atoms with Crippen molar-refractivity contribution in [2.45, 2.75) is 50.9 Å². The minimum Gasteiger partial charge on any atom is -0.342 e. The van der Waals surface area contributed by atoms with Gasteiger partial charge in [0.05, 0.1) is 0 Å². The molecule has 132 valence electrons. The quantitative estimate of drug-likeness (QED) is 0.810. The summed E-state index contributed by atoms with van der Waals surface area (Å²) in [5, 5.41) is 4.09. The highest BCUT2D eigenvalue weighted by molar-refractivity contribution is 5.76. The van der Waals surface area contributed by atoms with Crippen LogP contribution in [0.2, 0.25) is 0 Å². The van der Waals surface area contributed by atoms with E-state index in [2.05, 4.69) is 22.3 Å². The number of hydrogen-bond acceptors (Lipinski definition) is 4. The molecule has 2 fully saturated rings. The monoisotopic (exact) mass is 339 g/mol. The van der Waals surface area contributed by atoms with Gasteiger partial charge < -0.3 is 9.42 Å². The maximum absolute atomic E-state index is 12.5. The number of piperidine rings is 1. The number of likely N-dealkylation sites (tertiary alicyclic amines) is 1. The van der Waals surface area contributed by atoms with E-state index in [9.17, 15) is 4.79 Å². The third kappa shape index (κ3) is 4.27. The van der Waals surface area contributed by atoms with Crippen molar-refractivity contribution >= 4 is 5.91 Å². The lowest BCUT2D eigenvalue weighted by molar-refractivity contribution is -0.133. The Morgan fingerprint density at radius 1 is 1.20 bits per heavy atom. The van der Waals surface area contributed by atoms with E-state index in [-0.39, 0.29) is 5.91 Å². The van der Waals surface area contributed by atoms with Crippen LogP contribution in [0.5, 0.6) is 0 Å². The van der Waals surface area contributed by atoms with Crippen LogP contribution in [-0.4, -0.2) is 34.0 Å². The fourth-order valence-electron chi connectivity index (χ4n) is 3.62. The fraction of sp³-hybridized carbons (Fsp3) is 0.550. The van der Waals surface area contributed by atoms with Crippen LogP contribution in [-0.2, 0) is 17.6 Å². The number of nitrogens with zero attached hydrogens (tertiary/aromatic N) is 3. The van der Waals surface area contributed by atoms with Crippen molar-refractivity contribution in [2.75, 3.05) is 13.1 Å². The molecule has 2 heterocycles. The first-order valence-corrected chi connectivity index (χ1v) is 9.42. The van der Waals surface area contributed by atoms with Crippen LogP contribution >= 0.6 is 0 Å². The summed E-state index contributed by atoms with van der Waals surface area (Å²) < 4.78 is 5.41. The Morgan fingerprint density at radius 2 is 2.04 bits per heavy atom. The molecule has 1 saturated heterocycles. The van der Waals surface area contributed by atoms with Crippen LogP contribution in [0.4, 0.5) is 0 Å². The first-order valence-electron chi connectivity index (χ1n) is 9.42. The lowest BCUT2D eigenvalue weighted by Crippen LogP contribution is -2.40. The van der Waals surface area contributed by atoms with Crippen LogP contribution in [0.15, 0.2) is 34.9 Å². The third-order valence-electron chi connectivity index (χ3n) is 5.23. The number of carbonyl (C=O) groups is 1. The first kappa shape index (κ1) is 16.3. The molecule has 1 aliphatic heterocycles. The molecule has 1 saturated carbocycles. The van der Waals surface area contributed by atoms with Crippen molar-refractivity contribution in [3.05, 3.63) is 47.6 Å². The summed E-state index contributed by atoms with van der Waals surface area (Å²) in [5.41, 5.74) is 1.22. The summed E-state index contributed by atoms with van der Waals surface area (Å²) in [6.45, 7) is 1.69. The van der Waals surface area contributed by atoms with Crippen LogP contribution < -0.4 is 0 Å². The molecule has 0 radical (unpaired) electrons. The molecule has 0 N–H and O–H groups in total. The molecule has 2 aromatic rings. The van der Waals surface area contributed by atoms with E-state index < -0.39 is 0 Å². The molecule has 1 aromatic carbocycles. The van der Waals surface area contributed by atoms with Gasteiger partial charge in [0.25, 0.3) is 0 Å². The van der Waals surface area contributed by atoms with Crippen molar-refractivity contribution in [3.8, 4) is 0 Å². The summed E-state index contributed by atoms with van der Waals surface area (Å²) in [7, 11) is 0. The van der Waals surface area contributed by atoms with Gasteiger partial charge in [0.15, 0.2) is 5.82 Å². The highest BCUT2D eigenvalue weighted by atomic mass is 16.5. The lowest BCUT2D eigenvalue weighted by atomic mass is 9.94.